The number of aliphatic hydroxyl groups is 8. The Morgan fingerprint density at radius 1 is 0.877 bits per heavy atom. The number of imidazole rings is 1. The molecule has 1 aromatic heterocycles. The standard InChI is InChI=1S/C64H87N3O12S2/c1-35(2)36(3)51-53(79-51)61(77)18-7-17-57-29-44-43-27-49(73)60(30-45(70)52(74)58(56(44,60)4)19-13-38(28-58)31-66-23-22-65-50(66)12-11-48(57)72)55(76)81-80-33-40-9-5-8-39(32-68)64(40)54(75)67(34-59(64)16-6-10-47(59)71)41-24-37(25-42(69)26-41)14-20-62(57)46(61)15-21-63(43,62)78/h7,17,22-27,35-36,38-40,44-48,51-53,55,68-72,74,76-78H,5-6,8-16,18-21,28-34H2,1-4H3. The van der Waals surface area contributed by atoms with Gasteiger partial charge in [-0.3, -0.25) is 9.59 Å². The van der Waals surface area contributed by atoms with Crippen molar-refractivity contribution in [2.24, 2.45) is 79.3 Å². The number of phenolic OH excluding ortho intramolecular Hbond substituents is 1. The van der Waals surface area contributed by atoms with Gasteiger partial charge in [-0.2, -0.15) is 0 Å². The number of nitrogens with zero attached hydrogens (tertiary/aromatic N) is 3. The van der Waals surface area contributed by atoms with E-state index >= 15 is 14.7 Å². The molecule has 8 fully saturated rings. The SMILES string of the molecule is CC(C)C(C)C1OC1C1(O)CC=CC23CC4C5=CC(=O)C6(CC(O)C(O)C7(CCC(Cn8ccnc8CCC2O)C7)C46C)C(O)SSCC2CCCC(CO)C24C(=O)N(CC42CCCC2O)c2cc(O)cc(c2)CCC32C1CCC52O. The second kappa shape index (κ2) is 18.8. The van der Waals surface area contributed by atoms with Crippen molar-refractivity contribution >= 4 is 39.0 Å². The largest absolute Gasteiger partial charge is 0.508 e. The highest BCUT2D eigenvalue weighted by Crippen LogP contribution is 2.83. The number of aromatic nitrogens is 2. The summed E-state index contributed by atoms with van der Waals surface area (Å²) in [4.78, 5) is 39.5. The van der Waals surface area contributed by atoms with Crippen molar-refractivity contribution in [1.29, 1.82) is 0 Å². The molecule has 6 saturated carbocycles. The summed E-state index contributed by atoms with van der Waals surface area (Å²) in [5.74, 6) is -1.46. The molecule has 8 aliphatic carbocycles. The first kappa shape index (κ1) is 56.0. The van der Waals surface area contributed by atoms with Crippen molar-refractivity contribution in [3.8, 4) is 5.75 Å². The number of anilines is 1. The molecular weight excluding hydrogens is 1070 g/mol. The van der Waals surface area contributed by atoms with E-state index in [1.54, 1.807) is 29.3 Å². The average Bonchev–Trinajstić information content (AvgIpc) is 1.74. The van der Waals surface area contributed by atoms with E-state index in [1.165, 1.54) is 21.6 Å². The normalized spacial score (nSPS) is 50.2. The van der Waals surface area contributed by atoms with Gasteiger partial charge in [0.1, 0.15) is 28.7 Å². The Hall–Kier alpha value is -2.81. The van der Waals surface area contributed by atoms with Crippen molar-refractivity contribution in [2.75, 3.05) is 23.8 Å². The number of ether oxygens (including phenoxy) is 1. The van der Waals surface area contributed by atoms with Crippen LogP contribution in [-0.2, 0) is 33.7 Å². The molecule has 2 aromatic rings. The third-order valence-electron chi connectivity index (χ3n) is 26.5. The van der Waals surface area contributed by atoms with Gasteiger partial charge < -0.3 is 60.2 Å². The lowest BCUT2D eigenvalue weighted by Crippen LogP contribution is -2.77. The molecule has 22 atom stereocenters. The van der Waals surface area contributed by atoms with Gasteiger partial charge in [-0.1, -0.05) is 74.3 Å². The first-order valence-electron chi connectivity index (χ1n) is 31.1. The molecule has 81 heavy (non-hydrogen) atoms. The molecule has 16 rings (SSSR count). The minimum absolute atomic E-state index is 0.0183. The van der Waals surface area contributed by atoms with Crippen LogP contribution in [0.4, 0.5) is 5.69 Å². The van der Waals surface area contributed by atoms with Crippen LogP contribution < -0.4 is 4.90 Å². The van der Waals surface area contributed by atoms with E-state index in [1.807, 2.05) is 18.3 Å². The minimum atomic E-state index is -1.88. The zero-order chi connectivity index (χ0) is 56.8. The molecule has 6 spiro atoms. The van der Waals surface area contributed by atoms with Crippen molar-refractivity contribution in [3.05, 3.63) is 65.8 Å². The summed E-state index contributed by atoms with van der Waals surface area (Å²) in [6, 6.07) is 5.27. The fourth-order valence-corrected chi connectivity index (χ4v) is 25.8. The zero-order valence-electron chi connectivity index (χ0n) is 47.7. The molecule has 9 N–H and O–H groups in total. The lowest BCUT2D eigenvalue weighted by atomic mass is 9.31. The van der Waals surface area contributed by atoms with Crippen LogP contribution in [0.15, 0.2) is 54.4 Å². The van der Waals surface area contributed by atoms with Gasteiger partial charge in [0.25, 0.3) is 0 Å². The summed E-state index contributed by atoms with van der Waals surface area (Å²) >= 11 is 0. The maximum absolute atomic E-state index is 16.6. The fraction of sp³-hybridized carbons (Fsp3) is 0.766. The van der Waals surface area contributed by atoms with E-state index in [-0.39, 0.29) is 99.5 Å². The topological polar surface area (TPSA) is 250 Å². The van der Waals surface area contributed by atoms with E-state index in [2.05, 4.69) is 38.3 Å². The fourth-order valence-electron chi connectivity index (χ4n) is 22.7. The summed E-state index contributed by atoms with van der Waals surface area (Å²) in [7, 11) is 2.57. The molecule has 0 radical (unpaired) electrons. The van der Waals surface area contributed by atoms with Crippen LogP contribution in [-0.4, -0.2) is 139 Å². The molecule has 15 nitrogen and oxygen atoms in total. The molecule has 1 amide bonds. The predicted molar refractivity (Wildman–Crippen MR) is 306 cm³/mol. The number of rotatable bonds is 4. The molecule has 22 unspecified atom stereocenters. The third kappa shape index (κ3) is 6.86. The molecule has 12 bridgehead atoms. The van der Waals surface area contributed by atoms with Gasteiger partial charge >= 0.3 is 0 Å². The number of fused-ring (bicyclic) bond motifs is 3. The average molecular weight is 1150 g/mol. The van der Waals surface area contributed by atoms with Crippen LogP contribution in [0.25, 0.3) is 0 Å². The summed E-state index contributed by atoms with van der Waals surface area (Å²) in [5.41, 5.74) is -12.4. The Balaban J connectivity index is 1.04. The van der Waals surface area contributed by atoms with Crippen LogP contribution in [0.5, 0.6) is 5.75 Å². The minimum Gasteiger partial charge on any atom is -0.508 e. The molecule has 17 heteroatoms. The highest BCUT2D eigenvalue weighted by molar-refractivity contribution is 8.76. The number of phenols is 1. The summed E-state index contributed by atoms with van der Waals surface area (Å²) in [6.07, 6.45) is 10.8. The lowest BCUT2D eigenvalue weighted by molar-refractivity contribution is -0.279. The Kier molecular flexibility index (Phi) is 13.0. The third-order valence-corrected chi connectivity index (χ3v) is 29.2. The monoisotopic (exact) mass is 1150 g/mol. The van der Waals surface area contributed by atoms with Gasteiger partial charge in [0, 0.05) is 83.6 Å². The Bertz CT molecular complexity index is 2960. The molecular formula is C64H87N3O12S2. The first-order valence-corrected chi connectivity index (χ1v) is 33.5. The summed E-state index contributed by atoms with van der Waals surface area (Å²) in [6.45, 7) is 9.03. The van der Waals surface area contributed by atoms with E-state index in [4.69, 9.17) is 9.72 Å². The number of ketones is 1. The molecule has 6 aliphatic heterocycles. The van der Waals surface area contributed by atoms with Crippen molar-refractivity contribution in [2.45, 2.75) is 203 Å². The van der Waals surface area contributed by atoms with Crippen molar-refractivity contribution < 1.29 is 60.3 Å². The van der Waals surface area contributed by atoms with E-state index in [9.17, 15) is 40.9 Å². The van der Waals surface area contributed by atoms with Gasteiger partial charge in [-0.05, 0) is 167 Å². The number of amides is 1. The number of hydrogen-bond acceptors (Lipinski definition) is 15. The van der Waals surface area contributed by atoms with E-state index < -0.39 is 109 Å². The van der Waals surface area contributed by atoms with Crippen LogP contribution in [0, 0.1) is 79.3 Å². The maximum atomic E-state index is 16.6. The highest BCUT2D eigenvalue weighted by atomic mass is 33.1. The van der Waals surface area contributed by atoms with Gasteiger partial charge in [-0.25, -0.2) is 4.98 Å². The smallest absolute Gasteiger partial charge is 0.234 e. The lowest BCUT2D eigenvalue weighted by Gasteiger charge is -2.74. The molecule has 2 saturated heterocycles. The summed E-state index contributed by atoms with van der Waals surface area (Å²) < 4.78 is 8.84. The summed E-state index contributed by atoms with van der Waals surface area (Å²) in [5, 5.41) is 119. The zero-order valence-corrected chi connectivity index (χ0v) is 49.3. The highest BCUT2D eigenvalue weighted by Gasteiger charge is 2.85. The number of hydrogen-bond donors (Lipinski definition) is 9. The first-order chi connectivity index (χ1) is 38.6. The number of aryl methyl sites for hydroxylation is 2. The van der Waals surface area contributed by atoms with Crippen LogP contribution in [0.3, 0.4) is 0 Å². The molecule has 1 aromatic carbocycles. The second-order valence-corrected chi connectivity index (χ2v) is 31.5. The number of benzene rings is 1. The van der Waals surface area contributed by atoms with Gasteiger partial charge in [0.05, 0.1) is 47.0 Å². The molecule has 14 aliphatic rings. The quantitative estimate of drug-likeness (QED) is 0.0867. The Morgan fingerprint density at radius 2 is 1.69 bits per heavy atom. The predicted octanol–water partition coefficient (Wildman–Crippen LogP) is 6.81. The Morgan fingerprint density at radius 3 is 2.46 bits per heavy atom. The maximum Gasteiger partial charge on any atom is 0.234 e. The van der Waals surface area contributed by atoms with Crippen LogP contribution in [0.2, 0.25) is 0 Å². The van der Waals surface area contributed by atoms with Crippen molar-refractivity contribution in [3.63, 3.8) is 0 Å². The van der Waals surface area contributed by atoms with Crippen LogP contribution >= 0.6 is 21.6 Å². The van der Waals surface area contributed by atoms with Crippen LogP contribution in [0.1, 0.15) is 142 Å². The Labute approximate surface area is 484 Å². The number of allylic oxidation sites excluding steroid dienone is 1. The van der Waals surface area contributed by atoms with Crippen molar-refractivity contribution in [1.82, 2.24) is 9.55 Å². The molecule has 442 valence electrons. The van der Waals surface area contributed by atoms with Gasteiger partial charge in [-0.15, -0.1) is 0 Å². The number of carbonyl (C=O) groups is 2. The number of aromatic hydroxyl groups is 1. The number of carbonyl (C=O) groups excluding carboxylic acids is 2. The van der Waals surface area contributed by atoms with Gasteiger partial charge in [0.15, 0.2) is 5.78 Å². The number of epoxide rings is 1. The number of aliphatic hydroxyl groups excluding tert-OH is 6. The second-order valence-electron chi connectivity index (χ2n) is 29.0. The van der Waals surface area contributed by atoms with E-state index in [0.29, 0.717) is 93.3 Å². The molecule has 7 heterocycles. The van der Waals surface area contributed by atoms with Gasteiger partial charge in [0.2, 0.25) is 5.91 Å². The van der Waals surface area contributed by atoms with E-state index in [0.717, 1.165) is 12.2 Å².